The minimum atomic E-state index is -0.172. The molecule has 0 saturated carbocycles. The number of hydrogen-bond acceptors (Lipinski definition) is 2. The summed E-state index contributed by atoms with van der Waals surface area (Å²) < 4.78 is 4.92. The second kappa shape index (κ2) is 3.31. The molecule has 2 amide bonds. The molecule has 1 saturated heterocycles. The van der Waals surface area contributed by atoms with Crippen molar-refractivity contribution in [1.82, 2.24) is 10.6 Å². The predicted molar refractivity (Wildman–Crippen MR) is 46.0 cm³/mol. The lowest BCUT2D eigenvalue weighted by atomic mass is 10.1. The van der Waals surface area contributed by atoms with Crippen LogP contribution in [0.2, 0.25) is 0 Å². The summed E-state index contributed by atoms with van der Waals surface area (Å²) in [5.41, 5.74) is -0.172. The third kappa shape index (κ3) is 3.09. The highest BCUT2D eigenvalue weighted by Gasteiger charge is 2.22. The molecule has 0 aromatic rings. The highest BCUT2D eigenvalue weighted by molar-refractivity contribution is 5.75. The van der Waals surface area contributed by atoms with Gasteiger partial charge in [-0.05, 0) is 20.8 Å². The topological polar surface area (TPSA) is 50.4 Å². The van der Waals surface area contributed by atoms with E-state index in [0.717, 1.165) is 0 Å². The van der Waals surface area contributed by atoms with E-state index in [1.807, 2.05) is 20.8 Å². The van der Waals surface area contributed by atoms with Gasteiger partial charge in [-0.2, -0.15) is 0 Å². The molecular weight excluding hydrogens is 156 g/mol. The van der Waals surface area contributed by atoms with Gasteiger partial charge < -0.3 is 15.4 Å². The van der Waals surface area contributed by atoms with Gasteiger partial charge in [0.15, 0.2) is 0 Å². The average Bonchev–Trinajstić information content (AvgIpc) is 1.74. The summed E-state index contributed by atoms with van der Waals surface area (Å²) in [6.45, 7) is 7.12. The minimum Gasteiger partial charge on any atom is -0.377 e. The third-order valence-electron chi connectivity index (χ3n) is 1.46. The van der Waals surface area contributed by atoms with Gasteiger partial charge in [0.25, 0.3) is 0 Å². The molecule has 70 valence electrons. The van der Waals surface area contributed by atoms with Gasteiger partial charge in [-0.15, -0.1) is 0 Å². The van der Waals surface area contributed by atoms with Crippen molar-refractivity contribution in [3.05, 3.63) is 0 Å². The summed E-state index contributed by atoms with van der Waals surface area (Å²) in [6.07, 6.45) is 0. The first kappa shape index (κ1) is 9.32. The van der Waals surface area contributed by atoms with E-state index in [1.54, 1.807) is 0 Å². The molecule has 0 atom stereocenters. The molecule has 0 unspecified atom stereocenters. The van der Waals surface area contributed by atoms with Gasteiger partial charge in [-0.25, -0.2) is 4.79 Å². The van der Waals surface area contributed by atoms with Crippen LogP contribution in [0.5, 0.6) is 0 Å². The first-order valence-corrected chi connectivity index (χ1v) is 4.14. The number of urea groups is 1. The molecule has 4 heteroatoms. The summed E-state index contributed by atoms with van der Waals surface area (Å²) in [5, 5.41) is 5.61. The lowest BCUT2D eigenvalue weighted by Gasteiger charge is -2.29. The maximum atomic E-state index is 11.2. The van der Waals surface area contributed by atoms with Crippen LogP contribution in [0, 0.1) is 0 Å². The van der Waals surface area contributed by atoms with Crippen molar-refractivity contribution in [2.75, 3.05) is 13.2 Å². The van der Waals surface area contributed by atoms with Crippen molar-refractivity contribution in [2.45, 2.75) is 32.4 Å². The van der Waals surface area contributed by atoms with E-state index in [-0.39, 0.29) is 17.6 Å². The number of carbonyl (C=O) groups is 1. The van der Waals surface area contributed by atoms with Crippen LogP contribution in [0.15, 0.2) is 0 Å². The fraction of sp³-hybridized carbons (Fsp3) is 0.875. The molecule has 1 fully saturated rings. The van der Waals surface area contributed by atoms with Gasteiger partial charge in [0, 0.05) is 5.54 Å². The van der Waals surface area contributed by atoms with Gasteiger partial charge in [-0.3, -0.25) is 0 Å². The van der Waals surface area contributed by atoms with Crippen molar-refractivity contribution < 1.29 is 9.53 Å². The molecule has 0 aromatic heterocycles. The van der Waals surface area contributed by atoms with Crippen LogP contribution >= 0.6 is 0 Å². The molecule has 0 aliphatic carbocycles. The largest absolute Gasteiger partial charge is 0.377 e. The van der Waals surface area contributed by atoms with E-state index < -0.39 is 0 Å². The molecule has 1 heterocycles. The maximum absolute atomic E-state index is 11.2. The van der Waals surface area contributed by atoms with Gasteiger partial charge in [0.2, 0.25) is 0 Å². The predicted octanol–water partition coefficient (Wildman–Crippen LogP) is 0.483. The third-order valence-corrected chi connectivity index (χ3v) is 1.46. The molecular formula is C8H16N2O2. The van der Waals surface area contributed by atoms with Crippen LogP contribution in [0.4, 0.5) is 4.79 Å². The van der Waals surface area contributed by atoms with E-state index in [9.17, 15) is 4.79 Å². The number of amides is 2. The van der Waals surface area contributed by atoms with Crippen molar-refractivity contribution >= 4 is 6.03 Å². The fourth-order valence-electron chi connectivity index (χ4n) is 0.881. The zero-order chi connectivity index (χ0) is 9.19. The van der Waals surface area contributed by atoms with Crippen LogP contribution in [0.25, 0.3) is 0 Å². The monoisotopic (exact) mass is 172 g/mol. The molecule has 2 N–H and O–H groups in total. The second-order valence-electron chi connectivity index (χ2n) is 4.08. The van der Waals surface area contributed by atoms with E-state index >= 15 is 0 Å². The second-order valence-corrected chi connectivity index (χ2v) is 4.08. The quantitative estimate of drug-likeness (QED) is 0.604. The Morgan fingerprint density at radius 1 is 1.42 bits per heavy atom. The molecule has 1 aliphatic heterocycles. The molecule has 0 bridgehead atoms. The molecule has 0 spiro atoms. The van der Waals surface area contributed by atoms with Crippen molar-refractivity contribution in [1.29, 1.82) is 0 Å². The Kier molecular flexibility index (Phi) is 2.57. The zero-order valence-corrected chi connectivity index (χ0v) is 7.81. The Hall–Kier alpha value is -0.770. The van der Waals surface area contributed by atoms with Crippen molar-refractivity contribution in [3.8, 4) is 0 Å². The lowest BCUT2D eigenvalue weighted by molar-refractivity contribution is -0.000292. The minimum absolute atomic E-state index is 0.115. The fourth-order valence-corrected chi connectivity index (χ4v) is 0.881. The van der Waals surface area contributed by atoms with Crippen molar-refractivity contribution in [3.63, 3.8) is 0 Å². The van der Waals surface area contributed by atoms with Gasteiger partial charge in [0.1, 0.15) is 0 Å². The summed E-state index contributed by atoms with van der Waals surface area (Å²) in [5.74, 6) is 0. The van der Waals surface area contributed by atoms with Crippen LogP contribution in [0.3, 0.4) is 0 Å². The SMILES string of the molecule is CC(C)(C)NC(=O)NC1COC1. The Labute approximate surface area is 72.7 Å². The summed E-state index contributed by atoms with van der Waals surface area (Å²) in [4.78, 5) is 11.2. The number of ether oxygens (including phenoxy) is 1. The highest BCUT2D eigenvalue weighted by atomic mass is 16.5. The van der Waals surface area contributed by atoms with Crippen molar-refractivity contribution in [2.24, 2.45) is 0 Å². The normalized spacial score (nSPS) is 18.2. The standard InChI is InChI=1S/C8H16N2O2/c1-8(2,3)10-7(11)9-6-4-12-5-6/h6H,4-5H2,1-3H3,(H2,9,10,11). The smallest absolute Gasteiger partial charge is 0.315 e. The van der Waals surface area contributed by atoms with Crippen LogP contribution in [-0.2, 0) is 4.74 Å². The summed E-state index contributed by atoms with van der Waals surface area (Å²) in [6, 6.07) is 0.0863. The van der Waals surface area contributed by atoms with Crippen LogP contribution in [-0.4, -0.2) is 30.8 Å². The lowest BCUT2D eigenvalue weighted by Crippen LogP contribution is -2.55. The Morgan fingerprint density at radius 2 is 2.00 bits per heavy atom. The molecule has 1 rings (SSSR count). The first-order chi connectivity index (χ1) is 5.47. The maximum Gasteiger partial charge on any atom is 0.315 e. The summed E-state index contributed by atoms with van der Waals surface area (Å²) in [7, 11) is 0. The Balaban J connectivity index is 2.19. The number of rotatable bonds is 1. The molecule has 12 heavy (non-hydrogen) atoms. The van der Waals surface area contributed by atoms with E-state index in [4.69, 9.17) is 4.74 Å². The van der Waals surface area contributed by atoms with Gasteiger partial charge in [0.05, 0.1) is 19.3 Å². The van der Waals surface area contributed by atoms with Gasteiger partial charge in [-0.1, -0.05) is 0 Å². The number of carbonyl (C=O) groups excluding carboxylic acids is 1. The highest BCUT2D eigenvalue weighted by Crippen LogP contribution is 2.01. The summed E-state index contributed by atoms with van der Waals surface area (Å²) >= 11 is 0. The van der Waals surface area contributed by atoms with E-state index in [0.29, 0.717) is 13.2 Å². The average molecular weight is 172 g/mol. The number of hydrogen-bond donors (Lipinski definition) is 2. The molecule has 0 radical (unpaired) electrons. The van der Waals surface area contributed by atoms with Crippen LogP contribution in [0.1, 0.15) is 20.8 Å². The van der Waals surface area contributed by atoms with Gasteiger partial charge >= 0.3 is 6.03 Å². The Bertz CT molecular complexity index is 170. The molecule has 4 nitrogen and oxygen atoms in total. The molecule has 1 aliphatic rings. The molecule has 0 aromatic carbocycles. The van der Waals surface area contributed by atoms with E-state index in [1.165, 1.54) is 0 Å². The number of nitrogens with one attached hydrogen (secondary N) is 2. The zero-order valence-electron chi connectivity index (χ0n) is 7.81. The van der Waals surface area contributed by atoms with E-state index in [2.05, 4.69) is 10.6 Å². The first-order valence-electron chi connectivity index (χ1n) is 4.14. The van der Waals surface area contributed by atoms with Crippen LogP contribution < -0.4 is 10.6 Å². The Morgan fingerprint density at radius 3 is 2.33 bits per heavy atom.